The fourth-order valence-electron chi connectivity index (χ4n) is 6.05. The van der Waals surface area contributed by atoms with Crippen molar-refractivity contribution >= 4 is 23.9 Å². The van der Waals surface area contributed by atoms with E-state index >= 15 is 0 Å². The fraction of sp³-hybridized carbons (Fsp3) is 0.500. The topological polar surface area (TPSA) is 134 Å². The second-order valence-electron chi connectivity index (χ2n) is 12.2. The number of benzene rings is 2. The summed E-state index contributed by atoms with van der Waals surface area (Å²) >= 11 is 0. The van der Waals surface area contributed by atoms with Crippen LogP contribution in [0.4, 0.5) is 4.79 Å². The normalized spacial score (nSPS) is 21.2. The number of carbonyl (C=O) groups excluding carboxylic acids is 4. The van der Waals surface area contributed by atoms with E-state index in [4.69, 9.17) is 9.47 Å². The minimum atomic E-state index is -0.976. The Bertz CT molecular complexity index is 1280. The Kier molecular flexibility index (Phi) is 14.1. The van der Waals surface area contributed by atoms with E-state index in [1.807, 2.05) is 60.7 Å². The number of carbonyl (C=O) groups is 4. The lowest BCUT2D eigenvalue weighted by Gasteiger charge is -2.29. The van der Waals surface area contributed by atoms with Crippen LogP contribution in [-0.4, -0.2) is 65.7 Å². The monoisotopic (exact) mass is 633 g/mol. The molecule has 248 valence electrons. The zero-order valence-electron chi connectivity index (χ0n) is 26.5. The van der Waals surface area contributed by atoms with Crippen LogP contribution in [0.2, 0.25) is 0 Å². The van der Waals surface area contributed by atoms with Gasteiger partial charge in [-0.05, 0) is 36.3 Å². The van der Waals surface area contributed by atoms with Gasteiger partial charge in [-0.15, -0.1) is 0 Å². The summed E-state index contributed by atoms with van der Waals surface area (Å²) in [5, 5.41) is 15.4. The molecular formula is C36H47N3O7. The summed E-state index contributed by atoms with van der Waals surface area (Å²) in [6.45, 7) is 0.330. The Balaban J connectivity index is 1.46. The van der Waals surface area contributed by atoms with Gasteiger partial charge in [0, 0.05) is 19.5 Å². The lowest BCUT2D eigenvalue weighted by molar-refractivity contribution is -0.147. The van der Waals surface area contributed by atoms with Crippen molar-refractivity contribution in [3.63, 3.8) is 0 Å². The van der Waals surface area contributed by atoms with Crippen molar-refractivity contribution in [3.05, 3.63) is 83.9 Å². The summed E-state index contributed by atoms with van der Waals surface area (Å²) < 4.78 is 11.0. The molecule has 10 nitrogen and oxygen atoms in total. The van der Waals surface area contributed by atoms with Gasteiger partial charge in [0.2, 0.25) is 11.8 Å². The fourth-order valence-corrected chi connectivity index (χ4v) is 6.05. The standard InChI is InChI=1S/C36H47N3O7/c40-21-20-39(24-28-14-6-2-7-15-28)33(41)23-30-18-10-11-19-32(38-36(44)46-25-29-16-8-3-9-17-29)35(43)45-26-31(37-34(30)42)22-27-12-4-1-5-13-27/h2-3,6-11,14-17,27,30-32,40H,1,4-5,12-13,18-26H2,(H,37,42)(H,38,44)/t30-,31+,32-/m1/s1. The molecule has 3 N–H and O–H groups in total. The Morgan fingerprint density at radius 2 is 1.61 bits per heavy atom. The van der Waals surface area contributed by atoms with E-state index in [2.05, 4.69) is 10.6 Å². The number of hydrogen-bond donors (Lipinski definition) is 3. The lowest BCUT2D eigenvalue weighted by atomic mass is 9.84. The number of cyclic esters (lactones) is 1. The van der Waals surface area contributed by atoms with Gasteiger partial charge in [0.15, 0.2) is 0 Å². The molecule has 1 saturated carbocycles. The van der Waals surface area contributed by atoms with Crippen LogP contribution in [0, 0.1) is 11.8 Å². The first kappa shape index (κ1) is 34.7. The van der Waals surface area contributed by atoms with Gasteiger partial charge in [0.05, 0.1) is 18.6 Å². The van der Waals surface area contributed by atoms with E-state index in [9.17, 15) is 24.3 Å². The molecule has 10 heteroatoms. The minimum Gasteiger partial charge on any atom is -0.462 e. The number of rotatable bonds is 11. The van der Waals surface area contributed by atoms with Crippen molar-refractivity contribution < 1.29 is 33.8 Å². The third kappa shape index (κ3) is 11.6. The van der Waals surface area contributed by atoms with Gasteiger partial charge in [-0.25, -0.2) is 9.59 Å². The van der Waals surface area contributed by atoms with Gasteiger partial charge in [0.25, 0.3) is 0 Å². The van der Waals surface area contributed by atoms with Gasteiger partial charge in [0.1, 0.15) is 19.3 Å². The van der Waals surface area contributed by atoms with Crippen LogP contribution in [0.3, 0.4) is 0 Å². The third-order valence-electron chi connectivity index (χ3n) is 8.59. The Labute approximate surface area is 271 Å². The lowest BCUT2D eigenvalue weighted by Crippen LogP contribution is -2.47. The van der Waals surface area contributed by atoms with Gasteiger partial charge in [-0.1, -0.05) is 105 Å². The predicted octanol–water partition coefficient (Wildman–Crippen LogP) is 4.66. The highest BCUT2D eigenvalue weighted by molar-refractivity contribution is 5.86. The van der Waals surface area contributed by atoms with Crippen LogP contribution in [0.25, 0.3) is 0 Å². The maximum Gasteiger partial charge on any atom is 0.408 e. The molecule has 1 aliphatic carbocycles. The number of aliphatic hydroxyl groups is 1. The van der Waals surface area contributed by atoms with E-state index in [0.717, 1.165) is 36.8 Å². The predicted molar refractivity (Wildman–Crippen MR) is 173 cm³/mol. The summed E-state index contributed by atoms with van der Waals surface area (Å²) in [4.78, 5) is 54.5. The molecule has 1 heterocycles. The molecular weight excluding hydrogens is 586 g/mol. The molecule has 2 aromatic rings. The molecule has 4 rings (SSSR count). The zero-order valence-corrected chi connectivity index (χ0v) is 26.5. The SMILES string of the molecule is O=C(N[C@@H]1CC=CC[C@H](CC(=O)N(CCO)Cc2ccccc2)C(=O)N[C@@H](CC2CCCCC2)COC1=O)OCc1ccccc1. The molecule has 2 aliphatic rings. The highest BCUT2D eigenvalue weighted by Crippen LogP contribution is 2.28. The van der Waals surface area contributed by atoms with E-state index in [1.165, 1.54) is 6.42 Å². The van der Waals surface area contributed by atoms with E-state index in [-0.39, 0.29) is 57.4 Å². The second-order valence-corrected chi connectivity index (χ2v) is 12.2. The average Bonchev–Trinajstić information content (AvgIpc) is 3.07. The third-order valence-corrected chi connectivity index (χ3v) is 8.59. The summed E-state index contributed by atoms with van der Waals surface area (Å²) in [7, 11) is 0. The van der Waals surface area contributed by atoms with Crippen LogP contribution < -0.4 is 10.6 Å². The van der Waals surface area contributed by atoms with Crippen molar-refractivity contribution in [1.82, 2.24) is 15.5 Å². The van der Waals surface area contributed by atoms with Crippen molar-refractivity contribution in [1.29, 1.82) is 0 Å². The van der Waals surface area contributed by atoms with Crippen molar-refractivity contribution in [2.75, 3.05) is 19.8 Å². The summed E-state index contributed by atoms with van der Waals surface area (Å²) in [5.74, 6) is -1.35. The van der Waals surface area contributed by atoms with Crippen LogP contribution in [0.1, 0.15) is 68.9 Å². The van der Waals surface area contributed by atoms with Gasteiger partial charge in [-0.2, -0.15) is 0 Å². The van der Waals surface area contributed by atoms with Crippen LogP contribution in [-0.2, 0) is 37.0 Å². The summed E-state index contributed by atoms with van der Waals surface area (Å²) in [6, 6.07) is 17.4. The van der Waals surface area contributed by atoms with Gasteiger partial charge in [-0.3, -0.25) is 9.59 Å². The van der Waals surface area contributed by atoms with Crippen molar-refractivity contribution in [2.24, 2.45) is 11.8 Å². The number of allylic oxidation sites excluding steroid dienone is 1. The molecule has 1 aliphatic heterocycles. The Hall–Kier alpha value is -4.18. The number of amides is 3. The second kappa shape index (κ2) is 18.7. The molecule has 0 bridgehead atoms. The maximum atomic E-state index is 13.7. The number of nitrogens with zero attached hydrogens (tertiary/aromatic N) is 1. The van der Waals surface area contributed by atoms with E-state index < -0.39 is 30.1 Å². The quantitative estimate of drug-likeness (QED) is 0.242. The highest BCUT2D eigenvalue weighted by Gasteiger charge is 2.30. The molecule has 2 aromatic carbocycles. The zero-order chi connectivity index (χ0) is 32.6. The molecule has 3 amide bonds. The van der Waals surface area contributed by atoms with Crippen LogP contribution in [0.15, 0.2) is 72.8 Å². The highest BCUT2D eigenvalue weighted by atomic mass is 16.6. The molecule has 0 saturated heterocycles. The smallest absolute Gasteiger partial charge is 0.408 e. The molecule has 3 atom stereocenters. The molecule has 0 aromatic heterocycles. The summed E-state index contributed by atoms with van der Waals surface area (Å²) in [5.41, 5.74) is 1.75. The maximum absolute atomic E-state index is 13.7. The number of aliphatic hydroxyl groups excluding tert-OH is 1. The van der Waals surface area contributed by atoms with Crippen molar-refractivity contribution in [3.8, 4) is 0 Å². The molecule has 1 fully saturated rings. The number of hydrogen-bond acceptors (Lipinski definition) is 7. The molecule has 46 heavy (non-hydrogen) atoms. The molecule has 0 radical (unpaired) electrons. The van der Waals surface area contributed by atoms with Crippen LogP contribution in [0.5, 0.6) is 0 Å². The summed E-state index contributed by atoms with van der Waals surface area (Å²) in [6.07, 6.45) is 9.35. The first-order valence-electron chi connectivity index (χ1n) is 16.4. The number of ether oxygens (including phenoxy) is 2. The largest absolute Gasteiger partial charge is 0.462 e. The van der Waals surface area contributed by atoms with Crippen molar-refractivity contribution in [2.45, 2.75) is 83.0 Å². The number of esters is 1. The molecule has 0 unspecified atom stereocenters. The van der Waals surface area contributed by atoms with Gasteiger partial charge < -0.3 is 30.1 Å². The number of alkyl carbamates (subject to hydrolysis) is 1. The first-order chi connectivity index (χ1) is 22.4. The minimum absolute atomic E-state index is 0.0344. The van der Waals surface area contributed by atoms with E-state index in [1.54, 1.807) is 17.1 Å². The number of nitrogens with one attached hydrogen (secondary N) is 2. The van der Waals surface area contributed by atoms with Crippen LogP contribution >= 0.6 is 0 Å². The Morgan fingerprint density at radius 3 is 2.30 bits per heavy atom. The molecule has 0 spiro atoms. The van der Waals surface area contributed by atoms with E-state index in [0.29, 0.717) is 18.9 Å². The van der Waals surface area contributed by atoms with Gasteiger partial charge >= 0.3 is 12.1 Å². The average molecular weight is 634 g/mol. The first-order valence-corrected chi connectivity index (χ1v) is 16.4. The Morgan fingerprint density at radius 1 is 0.935 bits per heavy atom.